The number of nitrogens with zero attached hydrogens (tertiary/aromatic N) is 4. The molecule has 2 aliphatic heterocycles. The zero-order valence-corrected chi connectivity index (χ0v) is 15.7. The molecule has 0 aromatic carbocycles. The highest BCUT2D eigenvalue weighted by Gasteiger charge is 2.32. The maximum absolute atomic E-state index is 12.6. The zero-order valence-electron chi connectivity index (χ0n) is 15.7. The van der Waals surface area contributed by atoms with Crippen molar-refractivity contribution in [2.24, 2.45) is 5.92 Å². The molecule has 0 bridgehead atoms. The second-order valence-corrected chi connectivity index (χ2v) is 7.66. The van der Waals surface area contributed by atoms with Crippen LogP contribution in [0.15, 0.2) is 11.1 Å². The van der Waals surface area contributed by atoms with Gasteiger partial charge in [-0.05, 0) is 65.0 Å². The Hall–Kier alpha value is -1.69. The van der Waals surface area contributed by atoms with Gasteiger partial charge in [-0.25, -0.2) is 4.98 Å². The van der Waals surface area contributed by atoms with Crippen LogP contribution in [0.4, 0.5) is 0 Å². The van der Waals surface area contributed by atoms with E-state index in [0.29, 0.717) is 5.92 Å². The molecule has 0 N–H and O–H groups in total. The predicted octanol–water partition coefficient (Wildman–Crippen LogP) is 1.58. The van der Waals surface area contributed by atoms with Gasteiger partial charge < -0.3 is 4.90 Å². The van der Waals surface area contributed by atoms with Crippen molar-refractivity contribution in [2.45, 2.75) is 58.5 Å². The highest BCUT2D eigenvalue weighted by atomic mass is 16.2. The first-order chi connectivity index (χ1) is 12.0. The SMILES string of the molecule is Cc1ncn(CC2CCN(C3CCCCN(C)C3=O)CC2)c(=O)c1C. The highest BCUT2D eigenvalue weighted by molar-refractivity contribution is 5.81. The van der Waals surface area contributed by atoms with Crippen molar-refractivity contribution in [1.82, 2.24) is 19.4 Å². The molecule has 2 aliphatic rings. The summed E-state index contributed by atoms with van der Waals surface area (Å²) in [5.41, 5.74) is 1.63. The maximum atomic E-state index is 12.6. The number of amides is 1. The summed E-state index contributed by atoms with van der Waals surface area (Å²) in [5, 5.41) is 0. The molecule has 1 unspecified atom stereocenters. The first-order valence-corrected chi connectivity index (χ1v) is 9.49. The lowest BCUT2D eigenvalue weighted by atomic mass is 9.94. The van der Waals surface area contributed by atoms with Crippen LogP contribution in [0.25, 0.3) is 0 Å². The molecule has 0 spiro atoms. The number of hydrogen-bond acceptors (Lipinski definition) is 4. The molecule has 6 heteroatoms. The Bertz CT molecular complexity index is 676. The van der Waals surface area contributed by atoms with E-state index in [0.717, 1.165) is 69.5 Å². The van der Waals surface area contributed by atoms with Gasteiger partial charge in [0.25, 0.3) is 5.56 Å². The largest absolute Gasteiger partial charge is 0.344 e. The number of carbonyl (C=O) groups excluding carboxylic acids is 1. The van der Waals surface area contributed by atoms with Gasteiger partial charge in [0.2, 0.25) is 5.91 Å². The van der Waals surface area contributed by atoms with Crippen LogP contribution in [0.1, 0.15) is 43.4 Å². The summed E-state index contributed by atoms with van der Waals surface area (Å²) in [6, 6.07) is 0.0551. The Kier molecular flexibility index (Phi) is 5.57. The monoisotopic (exact) mass is 346 g/mol. The molecule has 138 valence electrons. The van der Waals surface area contributed by atoms with Crippen molar-refractivity contribution in [1.29, 1.82) is 0 Å². The molecular formula is C19H30N4O2. The standard InChI is InChI=1S/C19H30N4O2/c1-14-15(2)20-13-23(18(14)24)12-16-7-10-22(11-8-16)17-6-4-5-9-21(3)19(17)25/h13,16-17H,4-12H2,1-3H3. The fraction of sp³-hybridized carbons (Fsp3) is 0.737. The summed E-state index contributed by atoms with van der Waals surface area (Å²) in [4.78, 5) is 33.5. The van der Waals surface area contributed by atoms with Crippen LogP contribution in [-0.2, 0) is 11.3 Å². The molecule has 3 heterocycles. The molecule has 2 saturated heterocycles. The molecule has 1 aromatic rings. The van der Waals surface area contributed by atoms with Crippen molar-refractivity contribution in [3.8, 4) is 0 Å². The quantitative estimate of drug-likeness (QED) is 0.834. The Morgan fingerprint density at radius 2 is 1.80 bits per heavy atom. The Morgan fingerprint density at radius 1 is 1.08 bits per heavy atom. The van der Waals surface area contributed by atoms with Gasteiger partial charge in [-0.15, -0.1) is 0 Å². The van der Waals surface area contributed by atoms with Crippen LogP contribution in [0.2, 0.25) is 0 Å². The summed E-state index contributed by atoms with van der Waals surface area (Å²) in [7, 11) is 1.92. The number of aryl methyl sites for hydroxylation is 1. The summed E-state index contributed by atoms with van der Waals surface area (Å²) >= 11 is 0. The molecule has 25 heavy (non-hydrogen) atoms. The van der Waals surface area contributed by atoms with E-state index in [1.807, 2.05) is 25.8 Å². The number of hydrogen-bond donors (Lipinski definition) is 0. The van der Waals surface area contributed by atoms with Crippen molar-refractivity contribution in [3.05, 3.63) is 27.9 Å². The minimum absolute atomic E-state index is 0.0551. The molecule has 1 atom stereocenters. The van der Waals surface area contributed by atoms with E-state index in [2.05, 4.69) is 9.88 Å². The summed E-state index contributed by atoms with van der Waals surface area (Å²) in [6.07, 6.45) is 6.97. The van der Waals surface area contributed by atoms with E-state index in [-0.39, 0.29) is 17.5 Å². The molecule has 3 rings (SSSR count). The van der Waals surface area contributed by atoms with Crippen LogP contribution in [0.5, 0.6) is 0 Å². The Morgan fingerprint density at radius 3 is 2.52 bits per heavy atom. The van der Waals surface area contributed by atoms with Crippen molar-refractivity contribution >= 4 is 5.91 Å². The number of carbonyl (C=O) groups is 1. The number of rotatable bonds is 3. The Balaban J connectivity index is 1.59. The molecular weight excluding hydrogens is 316 g/mol. The van der Waals surface area contributed by atoms with Crippen LogP contribution >= 0.6 is 0 Å². The summed E-state index contributed by atoms with van der Waals surface area (Å²) in [5.74, 6) is 0.766. The van der Waals surface area contributed by atoms with Gasteiger partial charge in [-0.1, -0.05) is 0 Å². The second kappa shape index (κ2) is 7.68. The van der Waals surface area contributed by atoms with Gasteiger partial charge in [-0.3, -0.25) is 19.1 Å². The van der Waals surface area contributed by atoms with Gasteiger partial charge in [0.15, 0.2) is 0 Å². The normalized spacial score (nSPS) is 23.7. The first kappa shape index (κ1) is 18.1. The number of aromatic nitrogens is 2. The van der Waals surface area contributed by atoms with Crippen LogP contribution in [0.3, 0.4) is 0 Å². The van der Waals surface area contributed by atoms with E-state index in [1.165, 1.54) is 0 Å². The molecule has 2 fully saturated rings. The fourth-order valence-electron chi connectivity index (χ4n) is 4.04. The van der Waals surface area contributed by atoms with Crippen molar-refractivity contribution < 1.29 is 4.79 Å². The predicted molar refractivity (Wildman–Crippen MR) is 97.5 cm³/mol. The molecule has 1 aromatic heterocycles. The molecule has 0 radical (unpaired) electrons. The Labute approximate surface area is 149 Å². The third-order valence-corrected chi connectivity index (χ3v) is 5.94. The number of likely N-dealkylation sites (tertiary alicyclic amines) is 2. The lowest BCUT2D eigenvalue weighted by Gasteiger charge is -2.37. The van der Waals surface area contributed by atoms with Crippen LogP contribution in [-0.4, -0.2) is 58.0 Å². The summed E-state index contributed by atoms with van der Waals surface area (Å²) < 4.78 is 1.76. The lowest BCUT2D eigenvalue weighted by molar-refractivity contribution is -0.135. The molecule has 0 aliphatic carbocycles. The minimum atomic E-state index is 0.0551. The molecule has 1 amide bonds. The van der Waals surface area contributed by atoms with Crippen molar-refractivity contribution in [2.75, 3.05) is 26.7 Å². The number of piperidine rings is 1. The van der Waals surface area contributed by atoms with E-state index in [9.17, 15) is 9.59 Å². The highest BCUT2D eigenvalue weighted by Crippen LogP contribution is 2.24. The van der Waals surface area contributed by atoms with Gasteiger partial charge >= 0.3 is 0 Å². The second-order valence-electron chi connectivity index (χ2n) is 7.66. The smallest absolute Gasteiger partial charge is 0.256 e. The van der Waals surface area contributed by atoms with Crippen LogP contribution < -0.4 is 5.56 Å². The van der Waals surface area contributed by atoms with E-state index in [4.69, 9.17) is 0 Å². The lowest BCUT2D eigenvalue weighted by Crippen LogP contribution is -2.49. The van der Waals surface area contributed by atoms with Crippen molar-refractivity contribution in [3.63, 3.8) is 0 Å². The van der Waals surface area contributed by atoms with Gasteiger partial charge in [0.05, 0.1) is 12.4 Å². The maximum Gasteiger partial charge on any atom is 0.256 e. The third kappa shape index (κ3) is 3.94. The molecule has 6 nitrogen and oxygen atoms in total. The van der Waals surface area contributed by atoms with E-state index in [1.54, 1.807) is 10.9 Å². The molecule has 0 saturated carbocycles. The average molecular weight is 346 g/mol. The first-order valence-electron chi connectivity index (χ1n) is 9.49. The average Bonchev–Trinajstić information content (AvgIpc) is 2.78. The summed E-state index contributed by atoms with van der Waals surface area (Å²) in [6.45, 7) is 7.23. The van der Waals surface area contributed by atoms with E-state index < -0.39 is 0 Å². The van der Waals surface area contributed by atoms with E-state index >= 15 is 0 Å². The van der Waals surface area contributed by atoms with Crippen LogP contribution in [0, 0.1) is 19.8 Å². The zero-order chi connectivity index (χ0) is 18.0. The topological polar surface area (TPSA) is 58.4 Å². The fourth-order valence-corrected chi connectivity index (χ4v) is 4.04. The third-order valence-electron chi connectivity index (χ3n) is 5.94. The minimum Gasteiger partial charge on any atom is -0.344 e. The van der Waals surface area contributed by atoms with Gasteiger partial charge in [0, 0.05) is 31.4 Å². The number of likely N-dealkylation sites (N-methyl/N-ethyl adjacent to an activating group) is 1. The van der Waals surface area contributed by atoms with Gasteiger partial charge in [0.1, 0.15) is 0 Å². The van der Waals surface area contributed by atoms with Gasteiger partial charge in [-0.2, -0.15) is 0 Å².